The number of rotatable bonds is 1. The Morgan fingerprint density at radius 3 is 2.95 bits per heavy atom. The zero-order valence-corrected chi connectivity index (χ0v) is 10.6. The molecule has 0 saturated carbocycles. The van der Waals surface area contributed by atoms with Crippen molar-refractivity contribution in [3.63, 3.8) is 0 Å². The maximum absolute atomic E-state index is 12.1. The molecule has 4 rings (SSSR count). The lowest BCUT2D eigenvalue weighted by molar-refractivity contribution is -0.110. The molecule has 3 heterocycles. The van der Waals surface area contributed by atoms with Gasteiger partial charge in [0, 0.05) is 40.2 Å². The third-order valence-corrected chi connectivity index (χ3v) is 3.49. The van der Waals surface area contributed by atoms with Gasteiger partial charge >= 0.3 is 0 Å². The van der Waals surface area contributed by atoms with Crippen LogP contribution in [0.25, 0.3) is 22.7 Å². The Balaban J connectivity index is 1.90. The SMILES string of the molecule is O=C1Nc2ccccc2/C1=C/c1c[nH]c2ncccc12. The zero-order valence-electron chi connectivity index (χ0n) is 10.6. The van der Waals surface area contributed by atoms with Crippen molar-refractivity contribution in [1.82, 2.24) is 9.97 Å². The summed E-state index contributed by atoms with van der Waals surface area (Å²) >= 11 is 0. The van der Waals surface area contributed by atoms with Crippen LogP contribution in [0.2, 0.25) is 0 Å². The van der Waals surface area contributed by atoms with E-state index in [2.05, 4.69) is 15.3 Å². The van der Waals surface area contributed by atoms with E-state index in [1.807, 2.05) is 48.7 Å². The van der Waals surface area contributed by atoms with Crippen LogP contribution in [-0.2, 0) is 4.79 Å². The summed E-state index contributed by atoms with van der Waals surface area (Å²) in [5.74, 6) is -0.0653. The third-order valence-electron chi connectivity index (χ3n) is 3.49. The van der Waals surface area contributed by atoms with E-state index in [0.29, 0.717) is 5.57 Å². The van der Waals surface area contributed by atoms with E-state index in [-0.39, 0.29) is 5.91 Å². The highest BCUT2D eigenvalue weighted by molar-refractivity contribution is 6.35. The van der Waals surface area contributed by atoms with Crippen LogP contribution in [0.5, 0.6) is 0 Å². The Morgan fingerprint density at radius 1 is 1.10 bits per heavy atom. The van der Waals surface area contributed by atoms with Gasteiger partial charge in [0.05, 0.1) is 0 Å². The van der Waals surface area contributed by atoms with Gasteiger partial charge in [-0.2, -0.15) is 0 Å². The van der Waals surface area contributed by atoms with E-state index < -0.39 is 0 Å². The highest BCUT2D eigenvalue weighted by atomic mass is 16.2. The normalized spacial score (nSPS) is 15.6. The Labute approximate surface area is 115 Å². The monoisotopic (exact) mass is 261 g/mol. The van der Waals surface area contributed by atoms with Gasteiger partial charge in [-0.05, 0) is 24.3 Å². The summed E-state index contributed by atoms with van der Waals surface area (Å²) < 4.78 is 0. The second kappa shape index (κ2) is 4.06. The Kier molecular flexibility index (Phi) is 2.23. The maximum atomic E-state index is 12.1. The summed E-state index contributed by atoms with van der Waals surface area (Å²) in [7, 11) is 0. The molecule has 1 aliphatic rings. The first kappa shape index (κ1) is 11.0. The fourth-order valence-corrected chi connectivity index (χ4v) is 2.53. The number of nitrogens with zero attached hydrogens (tertiary/aromatic N) is 1. The van der Waals surface area contributed by atoms with Gasteiger partial charge in [-0.15, -0.1) is 0 Å². The summed E-state index contributed by atoms with van der Waals surface area (Å²) in [5.41, 5.74) is 4.28. The summed E-state index contributed by atoms with van der Waals surface area (Å²) in [6.45, 7) is 0. The number of para-hydroxylation sites is 1. The van der Waals surface area contributed by atoms with Crippen LogP contribution >= 0.6 is 0 Å². The van der Waals surface area contributed by atoms with Gasteiger partial charge in [0.25, 0.3) is 5.91 Å². The number of H-pyrrole nitrogens is 1. The molecule has 2 N–H and O–H groups in total. The van der Waals surface area contributed by atoms with Gasteiger partial charge in [-0.25, -0.2) is 4.98 Å². The van der Waals surface area contributed by atoms with Crippen LogP contribution in [0.15, 0.2) is 48.8 Å². The number of nitrogens with one attached hydrogen (secondary N) is 2. The number of anilines is 1. The molecule has 0 unspecified atom stereocenters. The van der Waals surface area contributed by atoms with Gasteiger partial charge in [0.15, 0.2) is 0 Å². The van der Waals surface area contributed by atoms with Crippen molar-refractivity contribution < 1.29 is 4.79 Å². The summed E-state index contributed by atoms with van der Waals surface area (Å²) in [5, 5.41) is 3.89. The molecule has 1 aliphatic heterocycles. The number of hydrogen-bond acceptors (Lipinski definition) is 2. The van der Waals surface area contributed by atoms with Gasteiger partial charge < -0.3 is 10.3 Å². The fraction of sp³-hybridized carbons (Fsp3) is 0. The molecule has 20 heavy (non-hydrogen) atoms. The van der Waals surface area contributed by atoms with Gasteiger partial charge in [0.2, 0.25) is 0 Å². The number of pyridine rings is 1. The highest BCUT2D eigenvalue weighted by Crippen LogP contribution is 2.33. The molecule has 0 fully saturated rings. The van der Waals surface area contributed by atoms with Crippen molar-refractivity contribution in [2.75, 3.05) is 5.32 Å². The average molecular weight is 261 g/mol. The summed E-state index contributed by atoms with van der Waals surface area (Å²) in [4.78, 5) is 19.5. The molecular weight excluding hydrogens is 250 g/mol. The van der Waals surface area contributed by atoms with E-state index in [4.69, 9.17) is 0 Å². The number of aromatic amines is 1. The number of fused-ring (bicyclic) bond motifs is 2. The van der Waals surface area contributed by atoms with Crippen molar-refractivity contribution in [3.8, 4) is 0 Å². The predicted octanol–water partition coefficient (Wildman–Crippen LogP) is 3.06. The molecule has 1 amide bonds. The van der Waals surface area contributed by atoms with E-state index in [9.17, 15) is 4.79 Å². The number of aromatic nitrogens is 2. The Hall–Kier alpha value is -2.88. The molecule has 2 aromatic heterocycles. The minimum Gasteiger partial charge on any atom is -0.346 e. The lowest BCUT2D eigenvalue weighted by Gasteiger charge is -1.97. The maximum Gasteiger partial charge on any atom is 0.256 e. The molecule has 0 atom stereocenters. The van der Waals surface area contributed by atoms with E-state index in [0.717, 1.165) is 27.8 Å². The summed E-state index contributed by atoms with van der Waals surface area (Å²) in [6.07, 6.45) is 5.52. The summed E-state index contributed by atoms with van der Waals surface area (Å²) in [6, 6.07) is 11.6. The number of carbonyl (C=O) groups is 1. The first-order valence-electron chi connectivity index (χ1n) is 6.37. The van der Waals surface area contributed by atoms with E-state index >= 15 is 0 Å². The number of amides is 1. The van der Waals surface area contributed by atoms with Gasteiger partial charge in [-0.1, -0.05) is 18.2 Å². The van der Waals surface area contributed by atoms with Crippen LogP contribution in [0, 0.1) is 0 Å². The fourth-order valence-electron chi connectivity index (χ4n) is 2.53. The standard InChI is InChI=1S/C16H11N3O/c20-16-13(12-4-1-2-6-14(12)19-16)8-10-9-18-15-11(10)5-3-7-17-15/h1-9H,(H,17,18)(H,19,20)/b13-8-. The molecular formula is C16H11N3O. The molecule has 0 saturated heterocycles. The van der Waals surface area contributed by atoms with E-state index in [1.54, 1.807) is 6.20 Å². The average Bonchev–Trinajstić information content (AvgIpc) is 3.02. The molecule has 4 heteroatoms. The molecule has 0 radical (unpaired) electrons. The lowest BCUT2D eigenvalue weighted by Crippen LogP contribution is -2.03. The lowest BCUT2D eigenvalue weighted by atomic mass is 10.0. The predicted molar refractivity (Wildman–Crippen MR) is 79.0 cm³/mol. The van der Waals surface area contributed by atoms with Crippen molar-refractivity contribution in [2.24, 2.45) is 0 Å². The molecule has 1 aromatic carbocycles. The number of carbonyl (C=O) groups excluding carboxylic acids is 1. The Morgan fingerprint density at radius 2 is 2.00 bits per heavy atom. The minimum absolute atomic E-state index is 0.0653. The van der Waals surface area contributed by atoms with Crippen LogP contribution in [0.4, 0.5) is 5.69 Å². The highest BCUT2D eigenvalue weighted by Gasteiger charge is 2.23. The molecule has 0 spiro atoms. The van der Waals surface area contributed by atoms with Crippen LogP contribution in [-0.4, -0.2) is 15.9 Å². The number of benzene rings is 1. The second-order valence-corrected chi connectivity index (χ2v) is 4.70. The molecule has 0 bridgehead atoms. The Bertz CT molecular complexity index is 861. The van der Waals surface area contributed by atoms with Gasteiger partial charge in [-0.3, -0.25) is 4.79 Å². The minimum atomic E-state index is -0.0653. The van der Waals surface area contributed by atoms with Gasteiger partial charge in [0.1, 0.15) is 5.65 Å². The first-order valence-corrected chi connectivity index (χ1v) is 6.37. The largest absolute Gasteiger partial charge is 0.346 e. The molecule has 96 valence electrons. The van der Waals surface area contributed by atoms with Crippen LogP contribution in [0.3, 0.4) is 0 Å². The van der Waals surface area contributed by atoms with E-state index in [1.165, 1.54) is 0 Å². The molecule has 0 aliphatic carbocycles. The smallest absolute Gasteiger partial charge is 0.256 e. The van der Waals surface area contributed by atoms with Crippen molar-refractivity contribution in [1.29, 1.82) is 0 Å². The van der Waals surface area contributed by atoms with Crippen molar-refractivity contribution in [3.05, 3.63) is 59.9 Å². The van der Waals surface area contributed by atoms with Crippen molar-refractivity contribution in [2.45, 2.75) is 0 Å². The van der Waals surface area contributed by atoms with Crippen LogP contribution in [0.1, 0.15) is 11.1 Å². The second-order valence-electron chi connectivity index (χ2n) is 4.70. The number of hydrogen-bond donors (Lipinski definition) is 2. The third kappa shape index (κ3) is 1.55. The molecule has 4 nitrogen and oxygen atoms in total. The van der Waals surface area contributed by atoms with Crippen molar-refractivity contribution >= 4 is 34.3 Å². The quantitative estimate of drug-likeness (QED) is 0.661. The molecule has 3 aromatic rings. The topological polar surface area (TPSA) is 57.8 Å². The van der Waals surface area contributed by atoms with Crippen LogP contribution < -0.4 is 5.32 Å². The zero-order chi connectivity index (χ0) is 13.5. The first-order chi connectivity index (χ1) is 9.83.